The van der Waals surface area contributed by atoms with Gasteiger partial charge in [0.15, 0.2) is 5.75 Å². The van der Waals surface area contributed by atoms with E-state index in [1.54, 1.807) is 18.2 Å². The fourth-order valence-electron chi connectivity index (χ4n) is 5.23. The Labute approximate surface area is 275 Å². The van der Waals surface area contributed by atoms with Gasteiger partial charge in [-0.05, 0) is 64.1 Å². The highest BCUT2D eigenvalue weighted by atomic mass is 19.4. The molecule has 1 N–H and O–H groups in total. The minimum Gasteiger partial charge on any atom is -0.506 e. The summed E-state index contributed by atoms with van der Waals surface area (Å²) in [5.74, 6) is 2.65. The van der Waals surface area contributed by atoms with Crippen LogP contribution < -0.4 is 14.5 Å². The quantitative estimate of drug-likeness (QED) is 0.165. The molecule has 0 unspecified atom stereocenters. The Balaban J connectivity index is 0.000000236. The summed E-state index contributed by atoms with van der Waals surface area (Å²) < 4.78 is 44.5. The van der Waals surface area contributed by atoms with Crippen LogP contribution in [-0.4, -0.2) is 61.2 Å². The van der Waals surface area contributed by atoms with Crippen LogP contribution >= 0.6 is 0 Å². The Morgan fingerprint density at radius 2 is 1.19 bits per heavy atom. The summed E-state index contributed by atoms with van der Waals surface area (Å²) in [5.41, 5.74) is 1.50. The molecule has 3 heterocycles. The average Bonchev–Trinajstić information content (AvgIpc) is 3.10. The number of hydrogen-bond donors (Lipinski definition) is 1. The van der Waals surface area contributed by atoms with Gasteiger partial charge in [-0.3, -0.25) is 0 Å². The van der Waals surface area contributed by atoms with Gasteiger partial charge in [0.1, 0.15) is 47.4 Å². The largest absolute Gasteiger partial charge is 0.506 e. The van der Waals surface area contributed by atoms with Gasteiger partial charge in [-0.1, -0.05) is 24.3 Å². The second-order valence-electron chi connectivity index (χ2n) is 10.5. The van der Waals surface area contributed by atoms with Crippen LogP contribution in [0.3, 0.4) is 0 Å². The van der Waals surface area contributed by atoms with Crippen LogP contribution in [0.4, 0.5) is 24.8 Å². The zero-order valence-electron chi connectivity index (χ0n) is 27.0. The summed E-state index contributed by atoms with van der Waals surface area (Å²) in [6.45, 7) is 11.7. The molecular weight excluding hydrogens is 621 g/mol. The van der Waals surface area contributed by atoms with Gasteiger partial charge in [-0.15, -0.1) is 0 Å². The van der Waals surface area contributed by atoms with Crippen molar-refractivity contribution in [3.05, 3.63) is 91.3 Å². The molecule has 6 rings (SSSR count). The molecule has 0 saturated heterocycles. The molecule has 13 heteroatoms. The number of alkyl halides is 3. The van der Waals surface area contributed by atoms with Gasteiger partial charge < -0.3 is 19.6 Å². The molecule has 10 nitrogen and oxygen atoms in total. The minimum absolute atomic E-state index is 0.202. The highest BCUT2D eigenvalue weighted by Crippen LogP contribution is 2.34. The highest BCUT2D eigenvalue weighted by molar-refractivity contribution is 5.94. The first-order valence-electron chi connectivity index (χ1n) is 15.5. The van der Waals surface area contributed by atoms with E-state index in [2.05, 4.69) is 67.4 Å². The van der Waals surface area contributed by atoms with E-state index in [4.69, 9.17) is 4.74 Å². The first-order chi connectivity index (χ1) is 23.2. The first-order valence-corrected chi connectivity index (χ1v) is 15.5. The van der Waals surface area contributed by atoms with Crippen LogP contribution in [0, 0.1) is 0 Å². The normalized spacial score (nSPS) is 11.2. The summed E-state index contributed by atoms with van der Waals surface area (Å²) in [6, 6.07) is 17.3. The molecule has 0 aliphatic carbocycles. The lowest BCUT2D eigenvalue weighted by molar-refractivity contribution is -0.137. The minimum atomic E-state index is -4.39. The molecule has 3 aromatic heterocycles. The third-order valence-corrected chi connectivity index (χ3v) is 7.72. The predicted octanol–water partition coefficient (Wildman–Crippen LogP) is 7.93. The maximum Gasteiger partial charge on any atom is 0.416 e. The molecule has 0 atom stereocenters. The lowest BCUT2D eigenvalue weighted by atomic mass is 10.1. The van der Waals surface area contributed by atoms with Gasteiger partial charge >= 0.3 is 6.18 Å². The third-order valence-electron chi connectivity index (χ3n) is 7.72. The van der Waals surface area contributed by atoms with Crippen molar-refractivity contribution in [2.75, 3.05) is 36.0 Å². The zero-order chi connectivity index (χ0) is 34.3. The predicted molar refractivity (Wildman–Crippen MR) is 180 cm³/mol. The molecule has 0 amide bonds. The van der Waals surface area contributed by atoms with E-state index in [1.807, 2.05) is 24.3 Å². The smallest absolute Gasteiger partial charge is 0.416 e. The van der Waals surface area contributed by atoms with Crippen LogP contribution in [0.25, 0.3) is 33.1 Å². The maximum atomic E-state index is 12.8. The number of halogens is 3. The number of aromatic nitrogens is 6. The SMILES string of the molecule is CCN(CC)c1ncnc2c(O)cccc12.CCN(CC)c1ncnc2c(Oc3cc(-c4ccc(C(F)(F)F)cc4)ncn3)cccc12. The van der Waals surface area contributed by atoms with Crippen molar-refractivity contribution in [2.45, 2.75) is 33.9 Å². The Morgan fingerprint density at radius 3 is 1.77 bits per heavy atom. The Bertz CT molecular complexity index is 1980. The van der Waals surface area contributed by atoms with Crippen LogP contribution in [0.2, 0.25) is 0 Å². The highest BCUT2D eigenvalue weighted by Gasteiger charge is 2.30. The molecule has 6 aromatic rings. The van der Waals surface area contributed by atoms with Crippen molar-refractivity contribution in [2.24, 2.45) is 0 Å². The summed E-state index contributed by atoms with van der Waals surface area (Å²) >= 11 is 0. The molecule has 0 saturated carbocycles. The van der Waals surface area contributed by atoms with Gasteiger partial charge in [0.25, 0.3) is 0 Å². The fourth-order valence-corrected chi connectivity index (χ4v) is 5.23. The molecule has 0 aliphatic rings. The van der Waals surface area contributed by atoms with Gasteiger partial charge in [0.2, 0.25) is 5.88 Å². The third kappa shape index (κ3) is 7.35. The second kappa shape index (κ2) is 14.9. The topological polar surface area (TPSA) is 113 Å². The molecule has 0 spiro atoms. The fraction of sp³-hybridized carbons (Fsp3) is 0.257. The van der Waals surface area contributed by atoms with E-state index in [0.29, 0.717) is 28.0 Å². The van der Waals surface area contributed by atoms with Gasteiger partial charge in [0, 0.05) is 48.6 Å². The van der Waals surface area contributed by atoms with Crippen molar-refractivity contribution in [1.29, 1.82) is 0 Å². The number of hydrogen-bond acceptors (Lipinski definition) is 10. The Hall–Kier alpha value is -5.59. The molecule has 0 aliphatic heterocycles. The van der Waals surface area contributed by atoms with E-state index >= 15 is 0 Å². The van der Waals surface area contributed by atoms with Crippen molar-refractivity contribution < 1.29 is 23.0 Å². The average molecular weight is 657 g/mol. The standard InChI is InChI=1S/C23H20F3N5O.C12H15N3O/c1-3-31(4-2)22-17-6-5-7-19(21(17)29-14-30-22)32-20-12-18(27-13-28-20)15-8-10-16(11-9-15)23(24,25)26;1-3-15(4-2)12-9-6-5-7-10(16)11(9)13-8-14-12/h5-14H,3-4H2,1-2H3;5-8,16H,3-4H2,1-2H3. The zero-order valence-corrected chi connectivity index (χ0v) is 27.0. The number of benzene rings is 3. The number of phenolic OH excluding ortho intramolecular Hbond substituents is 1. The number of nitrogens with zero attached hydrogens (tertiary/aromatic N) is 8. The maximum absolute atomic E-state index is 12.8. The Morgan fingerprint density at radius 1 is 0.646 bits per heavy atom. The van der Waals surface area contributed by atoms with Crippen molar-refractivity contribution in [3.8, 4) is 28.6 Å². The van der Waals surface area contributed by atoms with Crippen molar-refractivity contribution in [1.82, 2.24) is 29.9 Å². The van der Waals surface area contributed by atoms with E-state index in [-0.39, 0.29) is 11.6 Å². The molecule has 0 radical (unpaired) electrons. The summed E-state index contributed by atoms with van der Waals surface area (Å²) in [4.78, 5) is 29.8. The lowest BCUT2D eigenvalue weighted by Gasteiger charge is -2.21. The number of rotatable bonds is 9. The monoisotopic (exact) mass is 656 g/mol. The number of aromatic hydroxyl groups is 1. The lowest BCUT2D eigenvalue weighted by Crippen LogP contribution is -2.23. The van der Waals surface area contributed by atoms with E-state index in [0.717, 1.165) is 60.7 Å². The summed E-state index contributed by atoms with van der Waals surface area (Å²) in [6.07, 6.45) is -0.0887. The van der Waals surface area contributed by atoms with Crippen molar-refractivity contribution >= 4 is 33.4 Å². The number of phenols is 1. The van der Waals surface area contributed by atoms with Crippen LogP contribution in [-0.2, 0) is 6.18 Å². The van der Waals surface area contributed by atoms with Crippen molar-refractivity contribution in [3.63, 3.8) is 0 Å². The number of para-hydroxylation sites is 2. The number of ether oxygens (including phenoxy) is 1. The van der Waals surface area contributed by atoms with Crippen LogP contribution in [0.1, 0.15) is 33.3 Å². The second-order valence-corrected chi connectivity index (χ2v) is 10.5. The van der Waals surface area contributed by atoms with E-state index < -0.39 is 11.7 Å². The molecule has 248 valence electrons. The number of fused-ring (bicyclic) bond motifs is 2. The molecular formula is C35H35F3N8O2. The molecule has 0 bridgehead atoms. The molecule has 0 fully saturated rings. The van der Waals surface area contributed by atoms with E-state index in [9.17, 15) is 18.3 Å². The Kier molecular flexibility index (Phi) is 10.5. The van der Waals surface area contributed by atoms with Gasteiger partial charge in [0.05, 0.1) is 11.3 Å². The van der Waals surface area contributed by atoms with Gasteiger partial charge in [-0.25, -0.2) is 29.9 Å². The molecule has 48 heavy (non-hydrogen) atoms. The summed E-state index contributed by atoms with van der Waals surface area (Å²) in [5, 5.41) is 11.5. The van der Waals surface area contributed by atoms with Crippen LogP contribution in [0.15, 0.2) is 85.7 Å². The molecule has 3 aromatic carbocycles. The van der Waals surface area contributed by atoms with Gasteiger partial charge in [-0.2, -0.15) is 13.2 Å². The van der Waals surface area contributed by atoms with Crippen LogP contribution in [0.5, 0.6) is 17.4 Å². The first kappa shape index (κ1) is 33.8. The van der Waals surface area contributed by atoms with E-state index in [1.165, 1.54) is 31.1 Å². The number of anilines is 2. The summed E-state index contributed by atoms with van der Waals surface area (Å²) in [7, 11) is 0.